The van der Waals surface area contributed by atoms with Crippen LogP contribution < -0.4 is 0 Å². The van der Waals surface area contributed by atoms with Crippen molar-refractivity contribution in [2.24, 2.45) is 0 Å². The van der Waals surface area contributed by atoms with Gasteiger partial charge in [-0.25, -0.2) is 0 Å². The summed E-state index contributed by atoms with van der Waals surface area (Å²) in [6, 6.07) is 2.47. The minimum atomic E-state index is 1.03. The summed E-state index contributed by atoms with van der Waals surface area (Å²) in [7, 11) is 0. The summed E-state index contributed by atoms with van der Waals surface area (Å²) in [5.74, 6) is 0. The first-order valence-corrected chi connectivity index (χ1v) is 6.90. The van der Waals surface area contributed by atoms with E-state index in [2.05, 4.69) is 4.43 Å². The molecule has 0 aliphatic heterocycles. The van der Waals surface area contributed by atoms with Crippen LogP contribution in [0.1, 0.15) is 0 Å². The van der Waals surface area contributed by atoms with Gasteiger partial charge in [-0.05, 0) is 0 Å². The van der Waals surface area contributed by atoms with E-state index in [4.69, 9.17) is 10.5 Å². The third-order valence-corrected chi connectivity index (χ3v) is 0.0500. The summed E-state index contributed by atoms with van der Waals surface area (Å²) in [5.41, 5.74) is 0. The summed E-state index contributed by atoms with van der Waals surface area (Å²) < 4.78 is 2.19. The Hall–Kier alpha value is -0.0849. The Balaban J connectivity index is 0. The topological polar surface area (TPSA) is 47.6 Å². The Kier molecular flexibility index (Phi) is 31.9. The molecule has 0 unspecified atom stereocenters. The van der Waals surface area contributed by atoms with Crippen LogP contribution in [0.3, 0.4) is 0 Å². The number of nitriles is 2. The van der Waals surface area contributed by atoms with E-state index >= 15 is 0 Å². The van der Waals surface area contributed by atoms with E-state index in [0.29, 0.717) is 0 Å². The fourth-order valence-electron chi connectivity index (χ4n) is 0. The monoisotopic (exact) mass is 269 g/mol. The Morgan fingerprint density at radius 1 is 1.17 bits per heavy atom. The quantitative estimate of drug-likeness (QED) is 0.604. The van der Waals surface area contributed by atoms with Crippen LogP contribution in [-0.4, -0.2) is 0 Å². The minimum absolute atomic E-state index is 1.03. The average molecular weight is 268 g/mol. The van der Waals surface area contributed by atoms with Crippen LogP contribution in [0.15, 0.2) is 0 Å². The first-order valence-electron chi connectivity index (χ1n) is 1.40. The second-order valence-corrected chi connectivity index (χ2v) is 0.224. The molecule has 0 atom stereocenters. The van der Waals surface area contributed by atoms with E-state index in [1.165, 1.54) is 12.1 Å². The van der Waals surface area contributed by atoms with Gasteiger partial charge in [0, 0.05) is 0 Å². The van der Waals surface area contributed by atoms with Gasteiger partial charge in [0.15, 0.2) is 12.1 Å². The van der Waals surface area contributed by atoms with Gasteiger partial charge in [0.1, 0.15) is 0 Å². The summed E-state index contributed by atoms with van der Waals surface area (Å²) in [5, 5.41) is 14.5. The summed E-state index contributed by atoms with van der Waals surface area (Å²) in [6.45, 7) is 0. The van der Waals surface area contributed by atoms with Gasteiger partial charge < -0.3 is 0 Å². The van der Waals surface area contributed by atoms with Gasteiger partial charge >= 0.3 is 30.6 Å². The Bertz CT molecular complexity index is 63.8. The fourth-order valence-corrected chi connectivity index (χ4v) is 0. The Morgan fingerprint density at radius 3 is 1.33 bits per heavy atom. The molecular formula is C3H3HgN2. The number of nitrogens with zero attached hydrogens (tertiary/aromatic N) is 2. The summed E-state index contributed by atoms with van der Waals surface area (Å²) in [6.07, 6.45) is 0. The SMILES string of the molecule is N#CC#N.[CH3][Hg]. The number of rotatable bonds is 0. The first kappa shape index (κ1) is 9.32. The third-order valence-electron chi connectivity index (χ3n) is 0.0500. The second kappa shape index (κ2) is 20.5. The maximum atomic E-state index is 7.26. The van der Waals surface area contributed by atoms with E-state index in [0.717, 1.165) is 26.1 Å². The molecule has 2 nitrogen and oxygen atoms in total. The van der Waals surface area contributed by atoms with Gasteiger partial charge in [-0.15, -0.1) is 0 Å². The van der Waals surface area contributed by atoms with Gasteiger partial charge in [-0.3, -0.25) is 0 Å². The van der Waals surface area contributed by atoms with Crippen molar-refractivity contribution in [3.05, 3.63) is 0 Å². The molecule has 0 bridgehead atoms. The fraction of sp³-hybridized carbons (Fsp3) is 0.333. The maximum absolute atomic E-state index is 7.26. The van der Waals surface area contributed by atoms with Gasteiger partial charge in [-0.1, -0.05) is 0 Å². The van der Waals surface area contributed by atoms with Crippen LogP contribution in [-0.2, 0) is 26.1 Å². The predicted octanol–water partition coefficient (Wildman–Crippen LogP) is 0.615. The molecule has 6 heavy (non-hydrogen) atoms. The summed E-state index contributed by atoms with van der Waals surface area (Å²) in [4.78, 5) is 0. The van der Waals surface area contributed by atoms with Crippen molar-refractivity contribution >= 4 is 0 Å². The molecular weight excluding hydrogens is 265 g/mol. The molecule has 3 heteroatoms. The van der Waals surface area contributed by atoms with Crippen molar-refractivity contribution in [2.45, 2.75) is 4.43 Å². The molecule has 0 radical (unpaired) electrons. The molecule has 0 aromatic rings. The number of hydrogen-bond donors (Lipinski definition) is 0. The Morgan fingerprint density at radius 2 is 1.33 bits per heavy atom. The molecule has 0 rings (SSSR count). The van der Waals surface area contributed by atoms with Crippen molar-refractivity contribution in [1.29, 1.82) is 10.5 Å². The van der Waals surface area contributed by atoms with Gasteiger partial charge in [0.2, 0.25) is 0 Å². The summed E-state index contributed by atoms with van der Waals surface area (Å²) >= 11 is 1.03. The van der Waals surface area contributed by atoms with Crippen molar-refractivity contribution in [3.8, 4) is 12.1 Å². The predicted molar refractivity (Wildman–Crippen MR) is 17.1 cm³/mol. The van der Waals surface area contributed by atoms with Crippen molar-refractivity contribution in [1.82, 2.24) is 0 Å². The molecule has 0 amide bonds. The molecule has 0 heterocycles. The van der Waals surface area contributed by atoms with Crippen LogP contribution >= 0.6 is 0 Å². The molecule has 0 fully saturated rings. The Labute approximate surface area is 53.4 Å². The van der Waals surface area contributed by atoms with E-state index in [1.807, 2.05) is 0 Å². The molecule has 27 valence electrons. The molecule has 0 N–H and O–H groups in total. The zero-order chi connectivity index (χ0) is 5.41. The van der Waals surface area contributed by atoms with Crippen LogP contribution in [0.5, 0.6) is 0 Å². The van der Waals surface area contributed by atoms with E-state index < -0.39 is 0 Å². The van der Waals surface area contributed by atoms with Crippen LogP contribution in [0, 0.1) is 22.7 Å². The van der Waals surface area contributed by atoms with E-state index in [-0.39, 0.29) is 0 Å². The van der Waals surface area contributed by atoms with Crippen LogP contribution in [0.2, 0.25) is 4.43 Å². The molecule has 0 saturated heterocycles. The van der Waals surface area contributed by atoms with Crippen molar-refractivity contribution in [2.75, 3.05) is 0 Å². The third kappa shape index (κ3) is 39.7. The van der Waals surface area contributed by atoms with Gasteiger partial charge in [-0.2, -0.15) is 10.5 Å². The second-order valence-electron chi connectivity index (χ2n) is 0.224. The van der Waals surface area contributed by atoms with E-state index in [9.17, 15) is 0 Å². The van der Waals surface area contributed by atoms with Gasteiger partial charge in [0.05, 0.1) is 0 Å². The molecule has 0 spiro atoms. The normalized spacial score (nSPS) is 2.83. The first-order chi connectivity index (χ1) is 2.91. The standard InChI is InChI=1S/C2N2.CH3.Hg/c3-1-2-4;;/h;1H3;. The molecule has 0 aromatic heterocycles. The van der Waals surface area contributed by atoms with E-state index in [1.54, 1.807) is 0 Å². The zero-order valence-electron chi connectivity index (χ0n) is 3.60. The average Bonchev–Trinajstić information content (AvgIpc) is 1.72. The van der Waals surface area contributed by atoms with Crippen molar-refractivity contribution < 1.29 is 26.1 Å². The van der Waals surface area contributed by atoms with Crippen LogP contribution in [0.4, 0.5) is 0 Å². The molecule has 0 saturated carbocycles. The van der Waals surface area contributed by atoms with Crippen molar-refractivity contribution in [3.63, 3.8) is 0 Å². The van der Waals surface area contributed by atoms with Crippen LogP contribution in [0.25, 0.3) is 0 Å². The zero-order valence-corrected chi connectivity index (χ0v) is 9.10. The molecule has 0 aromatic carbocycles. The molecule has 0 aliphatic carbocycles. The molecule has 0 aliphatic rings. The van der Waals surface area contributed by atoms with Gasteiger partial charge in [0.25, 0.3) is 0 Å². The number of hydrogen-bond acceptors (Lipinski definition) is 2.